The van der Waals surface area contributed by atoms with Crippen molar-refractivity contribution in [2.75, 3.05) is 6.61 Å². The van der Waals surface area contributed by atoms with Gasteiger partial charge >= 0.3 is 6.61 Å². The maximum Gasteiger partial charge on any atom is 0.387 e. The lowest BCUT2D eigenvalue weighted by Gasteiger charge is -2.14. The van der Waals surface area contributed by atoms with Crippen molar-refractivity contribution in [2.45, 2.75) is 45.1 Å². The summed E-state index contributed by atoms with van der Waals surface area (Å²) < 4.78 is 35.5. The Hall–Kier alpha value is -2.43. The minimum absolute atomic E-state index is 0.0810. The van der Waals surface area contributed by atoms with E-state index in [0.29, 0.717) is 24.7 Å². The van der Waals surface area contributed by atoms with E-state index < -0.39 is 6.61 Å². The van der Waals surface area contributed by atoms with Crippen LogP contribution in [-0.4, -0.2) is 19.0 Å². The lowest BCUT2D eigenvalue weighted by Crippen LogP contribution is -2.07. The number of fused-ring (bicyclic) bond motifs is 1. The molecule has 0 N–H and O–H groups in total. The molecule has 142 valence electrons. The highest BCUT2D eigenvalue weighted by Crippen LogP contribution is 2.34. The van der Waals surface area contributed by atoms with Crippen LogP contribution in [0, 0.1) is 5.92 Å². The Kier molecular flexibility index (Phi) is 5.10. The third-order valence-electron chi connectivity index (χ3n) is 5.19. The molecule has 27 heavy (non-hydrogen) atoms. The second-order valence-electron chi connectivity index (χ2n) is 7.33. The van der Waals surface area contributed by atoms with Crippen LogP contribution < -0.4 is 9.47 Å². The van der Waals surface area contributed by atoms with Gasteiger partial charge in [-0.15, -0.1) is 0 Å². The fraction of sp³-hybridized carbons (Fsp3) is 0.409. The summed E-state index contributed by atoms with van der Waals surface area (Å²) in [6.45, 7) is -2.33. The number of ether oxygens (including phenoxy) is 2. The number of aryl methyl sites for hydroxylation is 3. The van der Waals surface area contributed by atoms with Crippen molar-refractivity contribution in [3.05, 3.63) is 58.7 Å². The van der Waals surface area contributed by atoms with Crippen LogP contribution in [0.4, 0.5) is 8.78 Å². The molecule has 0 spiro atoms. The Labute approximate surface area is 157 Å². The maximum absolute atomic E-state index is 12.6. The van der Waals surface area contributed by atoms with E-state index in [1.54, 1.807) is 18.2 Å². The Morgan fingerprint density at radius 3 is 2.44 bits per heavy atom. The molecule has 2 aliphatic carbocycles. The van der Waals surface area contributed by atoms with Gasteiger partial charge in [0.15, 0.2) is 17.3 Å². The second-order valence-corrected chi connectivity index (χ2v) is 7.33. The van der Waals surface area contributed by atoms with Crippen LogP contribution in [-0.2, 0) is 19.3 Å². The molecule has 0 radical (unpaired) electrons. The van der Waals surface area contributed by atoms with Crippen molar-refractivity contribution >= 4 is 5.78 Å². The molecular formula is C22H22F2O3. The average molecular weight is 372 g/mol. The zero-order valence-electron chi connectivity index (χ0n) is 15.0. The van der Waals surface area contributed by atoms with Crippen LogP contribution in [0.25, 0.3) is 0 Å². The van der Waals surface area contributed by atoms with Gasteiger partial charge in [0, 0.05) is 12.0 Å². The number of hydrogen-bond acceptors (Lipinski definition) is 3. The summed E-state index contributed by atoms with van der Waals surface area (Å²) in [6, 6.07) is 11.2. The third-order valence-corrected chi connectivity index (χ3v) is 5.19. The molecule has 2 aromatic carbocycles. The fourth-order valence-corrected chi connectivity index (χ4v) is 3.43. The molecule has 5 heteroatoms. The molecule has 4 rings (SSSR count). The molecule has 0 heterocycles. The quantitative estimate of drug-likeness (QED) is 0.655. The maximum atomic E-state index is 12.6. The van der Waals surface area contributed by atoms with Crippen molar-refractivity contribution in [1.29, 1.82) is 0 Å². The monoisotopic (exact) mass is 372 g/mol. The van der Waals surface area contributed by atoms with Crippen molar-refractivity contribution < 1.29 is 23.0 Å². The first-order valence-electron chi connectivity index (χ1n) is 9.44. The van der Waals surface area contributed by atoms with Gasteiger partial charge in [-0.3, -0.25) is 4.79 Å². The molecule has 0 saturated heterocycles. The molecule has 0 unspecified atom stereocenters. The summed E-state index contributed by atoms with van der Waals surface area (Å²) in [5.41, 5.74) is 4.08. The lowest BCUT2D eigenvalue weighted by atomic mass is 10.00. The van der Waals surface area contributed by atoms with Gasteiger partial charge in [-0.05, 0) is 72.9 Å². The Bertz CT molecular complexity index is 843. The minimum Gasteiger partial charge on any atom is -0.489 e. The first-order valence-corrected chi connectivity index (χ1v) is 9.44. The molecule has 2 aromatic rings. The molecule has 0 bridgehead atoms. The number of carbonyl (C=O) groups excluding carboxylic acids is 1. The van der Waals surface area contributed by atoms with Gasteiger partial charge in [0.2, 0.25) is 0 Å². The normalized spacial score (nSPS) is 15.9. The van der Waals surface area contributed by atoms with Crippen LogP contribution >= 0.6 is 0 Å². The largest absolute Gasteiger partial charge is 0.489 e. The number of hydrogen-bond donors (Lipinski definition) is 0. The summed E-state index contributed by atoms with van der Waals surface area (Å²) in [5.74, 6) is 1.20. The van der Waals surface area contributed by atoms with Gasteiger partial charge in [-0.2, -0.15) is 8.78 Å². The summed E-state index contributed by atoms with van der Waals surface area (Å²) in [7, 11) is 0. The summed E-state index contributed by atoms with van der Waals surface area (Å²) >= 11 is 0. The Morgan fingerprint density at radius 1 is 0.963 bits per heavy atom. The van der Waals surface area contributed by atoms with Crippen molar-refractivity contribution in [3.63, 3.8) is 0 Å². The molecule has 0 amide bonds. The molecule has 0 aliphatic heterocycles. The number of ketones is 1. The first-order chi connectivity index (χ1) is 13.1. The van der Waals surface area contributed by atoms with E-state index in [9.17, 15) is 13.6 Å². The molecule has 1 saturated carbocycles. The highest BCUT2D eigenvalue weighted by molar-refractivity contribution is 6.00. The van der Waals surface area contributed by atoms with Crippen LogP contribution in [0.5, 0.6) is 11.5 Å². The van der Waals surface area contributed by atoms with Crippen LogP contribution in [0.15, 0.2) is 36.4 Å². The number of benzene rings is 2. The predicted molar refractivity (Wildman–Crippen MR) is 97.8 cm³/mol. The van der Waals surface area contributed by atoms with Gasteiger partial charge in [-0.25, -0.2) is 0 Å². The van der Waals surface area contributed by atoms with E-state index in [2.05, 4.69) is 10.8 Å². The van der Waals surface area contributed by atoms with Crippen molar-refractivity contribution in [3.8, 4) is 11.5 Å². The lowest BCUT2D eigenvalue weighted by molar-refractivity contribution is -0.0515. The topological polar surface area (TPSA) is 35.5 Å². The number of carbonyl (C=O) groups is 1. The zero-order chi connectivity index (χ0) is 18.8. The van der Waals surface area contributed by atoms with Crippen LogP contribution in [0.2, 0.25) is 0 Å². The van der Waals surface area contributed by atoms with Crippen molar-refractivity contribution in [1.82, 2.24) is 0 Å². The first kappa shape index (κ1) is 18.0. The smallest absolute Gasteiger partial charge is 0.387 e. The van der Waals surface area contributed by atoms with Gasteiger partial charge in [0.1, 0.15) is 0 Å². The van der Waals surface area contributed by atoms with Gasteiger partial charge in [0.05, 0.1) is 6.61 Å². The van der Waals surface area contributed by atoms with Crippen molar-refractivity contribution in [2.24, 2.45) is 5.92 Å². The molecule has 1 fully saturated rings. The third kappa shape index (κ3) is 4.46. The van der Waals surface area contributed by atoms with E-state index in [1.807, 2.05) is 12.1 Å². The SMILES string of the molecule is O=C1CCc2ccc(CCc3ccc(OC(F)F)c(OCC4CC4)c3)cc21. The van der Waals surface area contributed by atoms with Gasteiger partial charge in [-0.1, -0.05) is 18.2 Å². The summed E-state index contributed by atoms with van der Waals surface area (Å²) in [6.07, 6.45) is 5.21. The van der Waals surface area contributed by atoms with E-state index in [0.717, 1.165) is 54.4 Å². The standard InChI is InChI=1S/C22H22F2O3/c23-22(24)27-20-10-6-15(12-21(20)26-13-16-3-4-16)2-1-14-5-7-17-8-9-19(25)18(17)11-14/h5-7,10-12,16,22H,1-4,8-9,13H2. The number of rotatable bonds is 8. The zero-order valence-corrected chi connectivity index (χ0v) is 15.0. The Balaban J connectivity index is 1.45. The molecular weight excluding hydrogens is 350 g/mol. The highest BCUT2D eigenvalue weighted by Gasteiger charge is 2.23. The predicted octanol–water partition coefficient (Wildman–Crippen LogP) is 4.99. The Morgan fingerprint density at radius 2 is 1.70 bits per heavy atom. The average Bonchev–Trinajstić information content (AvgIpc) is 3.42. The highest BCUT2D eigenvalue weighted by atomic mass is 19.3. The second kappa shape index (κ2) is 7.67. The fourth-order valence-electron chi connectivity index (χ4n) is 3.43. The van der Waals surface area contributed by atoms with Gasteiger partial charge in [0.25, 0.3) is 0 Å². The van der Waals surface area contributed by atoms with E-state index in [-0.39, 0.29) is 11.5 Å². The molecule has 2 aliphatic rings. The number of halogens is 2. The van der Waals surface area contributed by atoms with E-state index >= 15 is 0 Å². The molecule has 0 aromatic heterocycles. The van der Waals surface area contributed by atoms with Crippen LogP contribution in [0.1, 0.15) is 46.3 Å². The molecule has 3 nitrogen and oxygen atoms in total. The van der Waals surface area contributed by atoms with Crippen LogP contribution in [0.3, 0.4) is 0 Å². The van der Waals surface area contributed by atoms with E-state index in [1.165, 1.54) is 0 Å². The number of Topliss-reactive ketones (excluding diaryl/α,β-unsaturated/α-hetero) is 1. The molecule has 0 atom stereocenters. The minimum atomic E-state index is -2.87. The number of alkyl halides is 2. The summed E-state index contributed by atoms with van der Waals surface area (Å²) in [4.78, 5) is 11.9. The van der Waals surface area contributed by atoms with Gasteiger partial charge < -0.3 is 9.47 Å². The summed E-state index contributed by atoms with van der Waals surface area (Å²) in [5, 5.41) is 0. The van der Waals surface area contributed by atoms with E-state index in [4.69, 9.17) is 4.74 Å².